The number of para-hydroxylation sites is 1. The Morgan fingerprint density at radius 3 is 2.07 bits per heavy atom. The highest BCUT2D eigenvalue weighted by Gasteiger charge is 2.42. The number of rotatable bonds is 14. The molecule has 2 aromatic rings. The van der Waals surface area contributed by atoms with Gasteiger partial charge in [-0.15, -0.1) is 0 Å². The van der Waals surface area contributed by atoms with Crippen LogP contribution in [-0.2, 0) is 36.4 Å². The number of carbonyl (C=O) groups is 5. The first-order chi connectivity index (χ1) is 21.1. The van der Waals surface area contributed by atoms with Crippen LogP contribution in [0, 0.1) is 11.3 Å². The molecule has 0 aliphatic carbocycles. The molecule has 0 aliphatic rings. The number of fused-ring (bicyclic) bond motifs is 1. The second-order valence-electron chi connectivity index (χ2n) is 13.9. The van der Waals surface area contributed by atoms with Crippen molar-refractivity contribution in [3.63, 3.8) is 0 Å². The molecule has 254 valence electrons. The summed E-state index contributed by atoms with van der Waals surface area (Å²) in [5, 5.41) is 27.8. The monoisotopic (exact) mass is 641 g/mol. The average Bonchev–Trinajstić information content (AvgIpc) is 3.29. The van der Waals surface area contributed by atoms with Crippen LogP contribution in [0.25, 0.3) is 10.9 Å². The van der Waals surface area contributed by atoms with E-state index in [2.05, 4.69) is 16.0 Å². The van der Waals surface area contributed by atoms with Gasteiger partial charge in [-0.2, -0.15) is 0 Å². The summed E-state index contributed by atoms with van der Waals surface area (Å²) in [5.41, 5.74) is 0.800. The van der Waals surface area contributed by atoms with Crippen molar-refractivity contribution in [3.8, 4) is 0 Å². The van der Waals surface area contributed by atoms with Crippen molar-refractivity contribution in [2.24, 2.45) is 18.4 Å². The van der Waals surface area contributed by atoms with Gasteiger partial charge in [0.15, 0.2) is 0 Å². The molecule has 1 aromatic heterocycles. The number of nitrogens with one attached hydrogen (secondary N) is 3. The van der Waals surface area contributed by atoms with E-state index in [9.17, 15) is 29.1 Å². The van der Waals surface area contributed by atoms with Gasteiger partial charge in [-0.3, -0.25) is 19.2 Å². The number of aromatic nitrogens is 1. The largest absolute Gasteiger partial charge is 0.481 e. The van der Waals surface area contributed by atoms with E-state index >= 15 is 0 Å². The SMILES string of the molecule is CN[C@H](C(=O)NC(C(=O)N(C)[C@H](/C=C(\C)C(=O)N[C@H](CC(=O)O)C(=O)O)C(C)C)C(C)(C)C)C(C)(C)c1cn(C)c2ccccc12. The van der Waals surface area contributed by atoms with E-state index in [1.54, 1.807) is 20.2 Å². The molecule has 0 saturated carbocycles. The van der Waals surface area contributed by atoms with Crippen LogP contribution in [0.3, 0.4) is 0 Å². The molecule has 2 rings (SSSR count). The molecule has 4 atom stereocenters. The van der Waals surface area contributed by atoms with Crippen LogP contribution < -0.4 is 16.0 Å². The van der Waals surface area contributed by atoms with E-state index in [0.717, 1.165) is 16.5 Å². The zero-order valence-electron chi connectivity index (χ0n) is 28.9. The molecule has 1 heterocycles. The summed E-state index contributed by atoms with van der Waals surface area (Å²) in [7, 11) is 5.28. The van der Waals surface area contributed by atoms with Crippen LogP contribution in [0.5, 0.6) is 0 Å². The quantitative estimate of drug-likeness (QED) is 0.196. The van der Waals surface area contributed by atoms with Gasteiger partial charge in [-0.25, -0.2) is 4.79 Å². The smallest absolute Gasteiger partial charge is 0.326 e. The Kier molecular flexibility index (Phi) is 12.3. The summed E-state index contributed by atoms with van der Waals surface area (Å²) in [4.78, 5) is 65.0. The van der Waals surface area contributed by atoms with Crippen LogP contribution in [0.1, 0.15) is 67.4 Å². The fourth-order valence-electron chi connectivity index (χ4n) is 5.79. The number of benzene rings is 1. The minimum absolute atomic E-state index is 0.124. The third-order valence-electron chi connectivity index (χ3n) is 8.50. The zero-order chi connectivity index (χ0) is 35.3. The lowest BCUT2D eigenvalue weighted by Crippen LogP contribution is -2.61. The van der Waals surface area contributed by atoms with Gasteiger partial charge in [0.2, 0.25) is 17.7 Å². The summed E-state index contributed by atoms with van der Waals surface area (Å²) in [6, 6.07) is 4.16. The van der Waals surface area contributed by atoms with Gasteiger partial charge in [0, 0.05) is 42.2 Å². The third-order valence-corrected chi connectivity index (χ3v) is 8.50. The second kappa shape index (κ2) is 14.9. The van der Waals surface area contributed by atoms with E-state index in [4.69, 9.17) is 5.11 Å². The number of hydrogen-bond acceptors (Lipinski definition) is 6. The molecule has 12 heteroatoms. The average molecular weight is 642 g/mol. The minimum atomic E-state index is -1.61. The Hall–Kier alpha value is -4.19. The highest BCUT2D eigenvalue weighted by molar-refractivity contribution is 5.97. The molecule has 46 heavy (non-hydrogen) atoms. The molecular weight excluding hydrogens is 590 g/mol. The molecule has 1 aromatic carbocycles. The first kappa shape index (κ1) is 38.0. The number of hydrogen-bond donors (Lipinski definition) is 5. The van der Waals surface area contributed by atoms with E-state index in [1.165, 1.54) is 11.8 Å². The summed E-state index contributed by atoms with van der Waals surface area (Å²) >= 11 is 0. The van der Waals surface area contributed by atoms with Gasteiger partial charge in [0.05, 0.1) is 18.5 Å². The zero-order valence-corrected chi connectivity index (χ0v) is 28.9. The van der Waals surface area contributed by atoms with Crippen LogP contribution in [-0.4, -0.2) is 87.6 Å². The number of likely N-dealkylation sites (N-methyl/N-ethyl adjacent to an activating group) is 2. The lowest BCUT2D eigenvalue weighted by Gasteiger charge is -2.39. The molecule has 3 amide bonds. The Morgan fingerprint density at radius 1 is 0.978 bits per heavy atom. The second-order valence-corrected chi connectivity index (χ2v) is 13.9. The molecule has 0 fully saturated rings. The van der Waals surface area contributed by atoms with Gasteiger partial charge < -0.3 is 35.6 Å². The van der Waals surface area contributed by atoms with Crippen LogP contribution >= 0.6 is 0 Å². The van der Waals surface area contributed by atoms with E-state index in [0.29, 0.717) is 0 Å². The van der Waals surface area contributed by atoms with Crippen molar-refractivity contribution in [1.29, 1.82) is 0 Å². The number of carboxylic acid groups (broad SMARTS) is 2. The van der Waals surface area contributed by atoms with Gasteiger partial charge in [-0.1, -0.05) is 72.7 Å². The van der Waals surface area contributed by atoms with Crippen LogP contribution in [0.15, 0.2) is 42.1 Å². The van der Waals surface area contributed by atoms with Crippen molar-refractivity contribution in [1.82, 2.24) is 25.4 Å². The summed E-state index contributed by atoms with van der Waals surface area (Å²) in [5.74, 6) is -4.46. The molecule has 12 nitrogen and oxygen atoms in total. The van der Waals surface area contributed by atoms with Gasteiger partial charge in [0.25, 0.3) is 0 Å². The first-order valence-corrected chi connectivity index (χ1v) is 15.4. The predicted octanol–water partition coefficient (Wildman–Crippen LogP) is 3.05. The number of nitrogens with zero attached hydrogens (tertiary/aromatic N) is 2. The molecule has 1 unspecified atom stereocenters. The van der Waals surface area contributed by atoms with Crippen molar-refractivity contribution < 1.29 is 34.2 Å². The fraction of sp³-hybridized carbons (Fsp3) is 0.559. The summed E-state index contributed by atoms with van der Waals surface area (Å²) < 4.78 is 2.03. The molecule has 0 bridgehead atoms. The Balaban J connectivity index is 2.39. The number of carboxylic acids is 2. The topological polar surface area (TPSA) is 170 Å². The Morgan fingerprint density at radius 2 is 1.57 bits per heavy atom. The standard InChI is InChI=1S/C34H51N5O7/c1-19(2)25(16-20(3)29(42)36-23(32(45)46)17-26(40)41)39(11)31(44)28(33(4,5)6)37-30(43)27(35-9)34(7,8)22-18-38(10)24-15-13-12-14-21(22)24/h12-16,18-19,23,25,27-28,35H,17H2,1-11H3,(H,36,42)(H,37,43)(H,40,41)(H,45,46)/b20-16+/t23-,25-,27-,28?/m1/s1. The maximum absolute atomic E-state index is 14.1. The first-order valence-electron chi connectivity index (χ1n) is 15.4. The lowest BCUT2D eigenvalue weighted by molar-refractivity contribution is -0.146. The van der Waals surface area contributed by atoms with E-state index in [-0.39, 0.29) is 23.3 Å². The van der Waals surface area contributed by atoms with Crippen LogP contribution in [0.2, 0.25) is 0 Å². The lowest BCUT2D eigenvalue weighted by atomic mass is 9.76. The highest BCUT2D eigenvalue weighted by Crippen LogP contribution is 2.35. The number of aryl methyl sites for hydroxylation is 1. The van der Waals surface area contributed by atoms with E-state index in [1.807, 2.05) is 90.5 Å². The summed E-state index contributed by atoms with van der Waals surface area (Å²) in [6.07, 6.45) is 2.80. The Bertz CT molecular complexity index is 1480. The third kappa shape index (κ3) is 8.74. The molecule has 5 N–H and O–H groups in total. The van der Waals surface area contributed by atoms with E-state index < -0.39 is 59.3 Å². The van der Waals surface area contributed by atoms with Gasteiger partial charge in [-0.05, 0) is 36.9 Å². The Labute approximate surface area is 271 Å². The predicted molar refractivity (Wildman–Crippen MR) is 177 cm³/mol. The van der Waals surface area contributed by atoms with Gasteiger partial charge in [0.1, 0.15) is 12.1 Å². The van der Waals surface area contributed by atoms with Gasteiger partial charge >= 0.3 is 11.9 Å². The van der Waals surface area contributed by atoms with Crippen molar-refractivity contribution in [2.45, 2.75) is 91.4 Å². The molecule has 0 aliphatic heterocycles. The summed E-state index contributed by atoms with van der Waals surface area (Å²) in [6.45, 7) is 14.8. The fourth-order valence-corrected chi connectivity index (χ4v) is 5.79. The normalized spacial score (nSPS) is 15.2. The van der Waals surface area contributed by atoms with Crippen molar-refractivity contribution in [2.75, 3.05) is 14.1 Å². The molecule has 0 saturated heterocycles. The maximum atomic E-state index is 14.1. The number of aliphatic carboxylic acids is 2. The number of amides is 3. The van der Waals surface area contributed by atoms with Crippen molar-refractivity contribution >= 4 is 40.6 Å². The van der Waals surface area contributed by atoms with Crippen molar-refractivity contribution in [3.05, 3.63) is 47.7 Å². The van der Waals surface area contributed by atoms with Crippen LogP contribution in [0.4, 0.5) is 0 Å². The molecule has 0 spiro atoms. The molecule has 0 radical (unpaired) electrons. The number of carbonyl (C=O) groups excluding carboxylic acids is 3. The molecular formula is C34H51N5O7. The minimum Gasteiger partial charge on any atom is -0.481 e. The maximum Gasteiger partial charge on any atom is 0.326 e. The highest BCUT2D eigenvalue weighted by atomic mass is 16.4.